The normalized spacial score (nSPS) is 10.4. The van der Waals surface area contributed by atoms with Gasteiger partial charge in [-0.1, -0.05) is 55.9 Å². The van der Waals surface area contributed by atoms with Crippen LogP contribution in [0, 0.1) is 0 Å². The number of aromatic nitrogens is 2. The summed E-state index contributed by atoms with van der Waals surface area (Å²) in [6, 6.07) is 11.4. The van der Waals surface area contributed by atoms with E-state index < -0.39 is 0 Å². The second-order valence-electron chi connectivity index (χ2n) is 4.56. The average molecular weight is 287 g/mol. The van der Waals surface area contributed by atoms with E-state index in [0.717, 1.165) is 18.4 Å². The van der Waals surface area contributed by atoms with Gasteiger partial charge in [-0.3, -0.25) is 4.79 Å². The molecule has 2 aromatic rings. The zero-order chi connectivity index (χ0) is 14.5. The zero-order valence-electron chi connectivity index (χ0n) is 11.4. The van der Waals surface area contributed by atoms with Crippen LogP contribution in [0.4, 0.5) is 0 Å². The summed E-state index contributed by atoms with van der Waals surface area (Å²) in [4.78, 5) is 12.3. The number of hydrogen-bond acceptors (Lipinski definition) is 3. The smallest absolute Gasteiger partial charge is 0.277 e. The number of nitrogens with zero attached hydrogens (tertiary/aromatic N) is 2. The maximum Gasteiger partial charge on any atom is 0.277 e. The maximum atomic E-state index is 12.2. The minimum atomic E-state index is -0.217. The Hall–Kier alpha value is -2.01. The molecule has 5 heteroatoms. The van der Waals surface area contributed by atoms with Crippen molar-refractivity contribution in [1.82, 2.24) is 9.78 Å². The van der Waals surface area contributed by atoms with Crippen LogP contribution < -0.4 is 11.3 Å². The number of nitrogens with two attached hydrogens (primary N) is 1. The number of benzene rings is 1. The Bertz CT molecular complexity index is 665. The SMILES string of the molecule is CCCCn1nc(-c2ccccc2)cc(C(N)=S)c1=O. The van der Waals surface area contributed by atoms with Crippen LogP contribution in [0.3, 0.4) is 0 Å². The molecular formula is C15H17N3OS. The van der Waals surface area contributed by atoms with Crippen molar-refractivity contribution in [2.45, 2.75) is 26.3 Å². The highest BCUT2D eigenvalue weighted by Gasteiger charge is 2.11. The second kappa shape index (κ2) is 6.43. The zero-order valence-corrected chi connectivity index (χ0v) is 12.2. The molecule has 0 aliphatic rings. The van der Waals surface area contributed by atoms with Crippen molar-refractivity contribution < 1.29 is 0 Å². The quantitative estimate of drug-likeness (QED) is 0.858. The Morgan fingerprint density at radius 2 is 2.05 bits per heavy atom. The molecule has 0 saturated carbocycles. The predicted molar refractivity (Wildman–Crippen MR) is 84.7 cm³/mol. The van der Waals surface area contributed by atoms with Gasteiger partial charge in [0.2, 0.25) is 0 Å². The Morgan fingerprint density at radius 1 is 1.35 bits per heavy atom. The number of rotatable bonds is 5. The highest BCUT2D eigenvalue weighted by Crippen LogP contribution is 2.16. The highest BCUT2D eigenvalue weighted by molar-refractivity contribution is 7.80. The molecule has 0 amide bonds. The van der Waals surface area contributed by atoms with E-state index in [4.69, 9.17) is 18.0 Å². The lowest BCUT2D eigenvalue weighted by Crippen LogP contribution is -2.31. The summed E-state index contributed by atoms with van der Waals surface area (Å²) >= 11 is 4.97. The van der Waals surface area contributed by atoms with E-state index in [0.29, 0.717) is 17.8 Å². The van der Waals surface area contributed by atoms with Crippen LogP contribution in [-0.2, 0) is 6.54 Å². The lowest BCUT2D eigenvalue weighted by Gasteiger charge is -2.09. The Balaban J connectivity index is 2.56. The van der Waals surface area contributed by atoms with E-state index in [9.17, 15) is 4.79 Å². The first kappa shape index (κ1) is 14.4. The molecule has 0 unspecified atom stereocenters. The third kappa shape index (κ3) is 3.11. The lowest BCUT2D eigenvalue weighted by atomic mass is 10.1. The van der Waals surface area contributed by atoms with E-state index in [1.807, 2.05) is 30.3 Å². The molecule has 20 heavy (non-hydrogen) atoms. The van der Waals surface area contributed by atoms with Gasteiger partial charge in [0.05, 0.1) is 11.3 Å². The standard InChI is InChI=1S/C15H17N3OS/c1-2-3-9-18-15(19)12(14(16)20)10-13(17-18)11-7-5-4-6-8-11/h4-8,10H,2-3,9H2,1H3,(H2,16,20). The number of aryl methyl sites for hydroxylation is 1. The Kier molecular flexibility index (Phi) is 4.63. The van der Waals surface area contributed by atoms with Gasteiger partial charge in [0.1, 0.15) is 4.99 Å². The van der Waals surface area contributed by atoms with Gasteiger partial charge in [0, 0.05) is 12.1 Å². The topological polar surface area (TPSA) is 60.9 Å². The predicted octanol–water partition coefficient (Wildman–Crippen LogP) is 2.34. The number of thiocarbonyl (C=S) groups is 1. The van der Waals surface area contributed by atoms with Gasteiger partial charge < -0.3 is 5.73 Å². The molecule has 0 spiro atoms. The van der Waals surface area contributed by atoms with Gasteiger partial charge in [0.15, 0.2) is 0 Å². The van der Waals surface area contributed by atoms with Crippen LogP contribution in [0.15, 0.2) is 41.2 Å². The highest BCUT2D eigenvalue weighted by atomic mass is 32.1. The molecule has 1 aromatic carbocycles. The summed E-state index contributed by atoms with van der Waals surface area (Å²) in [5.41, 5.74) is 7.44. The van der Waals surface area contributed by atoms with Crippen LogP contribution in [0.5, 0.6) is 0 Å². The van der Waals surface area contributed by atoms with Crippen molar-refractivity contribution in [2.24, 2.45) is 5.73 Å². The summed E-state index contributed by atoms with van der Waals surface area (Å²) in [7, 11) is 0. The van der Waals surface area contributed by atoms with Crippen molar-refractivity contribution in [3.05, 3.63) is 52.3 Å². The molecule has 1 heterocycles. The fourth-order valence-electron chi connectivity index (χ4n) is 1.93. The molecule has 0 atom stereocenters. The monoisotopic (exact) mass is 287 g/mol. The van der Waals surface area contributed by atoms with Crippen molar-refractivity contribution >= 4 is 17.2 Å². The molecule has 0 aliphatic heterocycles. The van der Waals surface area contributed by atoms with Crippen molar-refractivity contribution in [2.75, 3.05) is 0 Å². The summed E-state index contributed by atoms with van der Waals surface area (Å²) in [5, 5.41) is 4.41. The fourth-order valence-corrected chi connectivity index (χ4v) is 2.07. The van der Waals surface area contributed by atoms with Crippen LogP contribution >= 0.6 is 12.2 Å². The van der Waals surface area contributed by atoms with Gasteiger partial charge in [0.25, 0.3) is 5.56 Å². The third-order valence-corrected chi connectivity index (χ3v) is 3.25. The van der Waals surface area contributed by atoms with Gasteiger partial charge >= 0.3 is 0 Å². The molecule has 2 N–H and O–H groups in total. The molecule has 0 radical (unpaired) electrons. The minimum absolute atomic E-state index is 0.111. The third-order valence-electron chi connectivity index (χ3n) is 3.03. The Morgan fingerprint density at radius 3 is 2.65 bits per heavy atom. The molecule has 0 saturated heterocycles. The first-order chi connectivity index (χ1) is 9.63. The first-order valence-electron chi connectivity index (χ1n) is 6.61. The summed E-state index contributed by atoms with van der Waals surface area (Å²) in [6.07, 6.45) is 1.88. The maximum absolute atomic E-state index is 12.2. The molecular weight excluding hydrogens is 270 g/mol. The number of unbranched alkanes of at least 4 members (excludes halogenated alkanes) is 1. The second-order valence-corrected chi connectivity index (χ2v) is 5.00. The van der Waals surface area contributed by atoms with E-state index in [1.54, 1.807) is 6.07 Å². The summed E-state index contributed by atoms with van der Waals surface area (Å²) in [5.74, 6) is 0. The summed E-state index contributed by atoms with van der Waals surface area (Å²) in [6.45, 7) is 2.65. The van der Waals surface area contributed by atoms with Gasteiger partial charge in [-0.25, -0.2) is 4.68 Å². The van der Waals surface area contributed by atoms with Crippen LogP contribution in [-0.4, -0.2) is 14.8 Å². The van der Waals surface area contributed by atoms with Gasteiger partial charge in [-0.15, -0.1) is 0 Å². The first-order valence-corrected chi connectivity index (χ1v) is 7.01. The van der Waals surface area contributed by atoms with E-state index in [2.05, 4.69) is 12.0 Å². The largest absolute Gasteiger partial charge is 0.389 e. The molecule has 1 aromatic heterocycles. The Labute approximate surface area is 123 Å². The molecule has 4 nitrogen and oxygen atoms in total. The van der Waals surface area contributed by atoms with Crippen molar-refractivity contribution in [3.63, 3.8) is 0 Å². The minimum Gasteiger partial charge on any atom is -0.389 e. The van der Waals surface area contributed by atoms with E-state index in [-0.39, 0.29) is 10.5 Å². The van der Waals surface area contributed by atoms with Crippen molar-refractivity contribution in [1.29, 1.82) is 0 Å². The van der Waals surface area contributed by atoms with Crippen LogP contribution in [0.2, 0.25) is 0 Å². The van der Waals surface area contributed by atoms with Gasteiger partial charge in [-0.05, 0) is 12.5 Å². The molecule has 104 valence electrons. The fraction of sp³-hybridized carbons (Fsp3) is 0.267. The molecule has 0 bridgehead atoms. The van der Waals surface area contributed by atoms with Gasteiger partial charge in [-0.2, -0.15) is 5.10 Å². The molecule has 2 rings (SSSR count). The van der Waals surface area contributed by atoms with Crippen LogP contribution in [0.25, 0.3) is 11.3 Å². The van der Waals surface area contributed by atoms with E-state index >= 15 is 0 Å². The average Bonchev–Trinajstić information content (AvgIpc) is 2.46. The number of hydrogen-bond donors (Lipinski definition) is 1. The van der Waals surface area contributed by atoms with Crippen molar-refractivity contribution in [3.8, 4) is 11.3 Å². The molecule has 0 aliphatic carbocycles. The van der Waals surface area contributed by atoms with Crippen LogP contribution in [0.1, 0.15) is 25.3 Å². The summed E-state index contributed by atoms with van der Waals surface area (Å²) < 4.78 is 1.46. The lowest BCUT2D eigenvalue weighted by molar-refractivity contribution is 0.544. The molecule has 0 fully saturated rings. The van der Waals surface area contributed by atoms with E-state index in [1.165, 1.54) is 4.68 Å².